The average Bonchev–Trinajstić information content (AvgIpc) is 2.68. The summed E-state index contributed by atoms with van der Waals surface area (Å²) in [6.45, 7) is 4.12. The van der Waals surface area contributed by atoms with Gasteiger partial charge in [0.1, 0.15) is 11.3 Å². The summed E-state index contributed by atoms with van der Waals surface area (Å²) in [7, 11) is 1.75. The molecule has 146 valence electrons. The lowest BCUT2D eigenvalue weighted by Gasteiger charge is -2.18. The highest BCUT2D eigenvalue weighted by atomic mass is 32.2. The van der Waals surface area contributed by atoms with Crippen LogP contribution in [0.15, 0.2) is 56.6 Å². The summed E-state index contributed by atoms with van der Waals surface area (Å²) in [6.07, 6.45) is 2.03. The molecule has 2 aromatic carbocycles. The third-order valence-corrected chi connectivity index (χ3v) is 5.42. The number of benzene rings is 2. The first-order chi connectivity index (χ1) is 13.4. The van der Waals surface area contributed by atoms with Crippen LogP contribution in [0.3, 0.4) is 0 Å². The van der Waals surface area contributed by atoms with Gasteiger partial charge in [0.15, 0.2) is 6.61 Å². The minimum Gasteiger partial charge on any atom is -0.483 e. The summed E-state index contributed by atoms with van der Waals surface area (Å²) in [6, 6.07) is 13.2. The predicted molar refractivity (Wildman–Crippen MR) is 112 cm³/mol. The summed E-state index contributed by atoms with van der Waals surface area (Å²) in [5.41, 5.74) is 2.73. The number of hydrogen-bond acceptors (Lipinski definition) is 5. The van der Waals surface area contributed by atoms with Gasteiger partial charge in [0, 0.05) is 35.5 Å². The Morgan fingerprint density at radius 3 is 2.54 bits per heavy atom. The molecule has 28 heavy (non-hydrogen) atoms. The van der Waals surface area contributed by atoms with Crippen molar-refractivity contribution in [3.05, 3.63) is 69.6 Å². The smallest absolute Gasteiger partial charge is 0.336 e. The fraction of sp³-hybridized carbons (Fsp3) is 0.273. The van der Waals surface area contributed by atoms with E-state index in [-0.39, 0.29) is 12.5 Å². The van der Waals surface area contributed by atoms with E-state index in [4.69, 9.17) is 9.15 Å². The van der Waals surface area contributed by atoms with Crippen molar-refractivity contribution in [3.8, 4) is 5.75 Å². The lowest BCUT2D eigenvalue weighted by molar-refractivity contribution is -0.132. The number of thioether (sulfide) groups is 1. The van der Waals surface area contributed by atoms with Gasteiger partial charge in [0.25, 0.3) is 5.91 Å². The number of aryl methyl sites for hydroxylation is 2. The van der Waals surface area contributed by atoms with Crippen molar-refractivity contribution in [2.24, 2.45) is 0 Å². The number of carbonyl (C=O) groups is 1. The van der Waals surface area contributed by atoms with Gasteiger partial charge in [-0.15, -0.1) is 11.8 Å². The van der Waals surface area contributed by atoms with E-state index < -0.39 is 5.63 Å². The highest BCUT2D eigenvalue weighted by Gasteiger charge is 2.14. The molecule has 0 N–H and O–H groups in total. The van der Waals surface area contributed by atoms with E-state index in [1.165, 1.54) is 11.0 Å². The van der Waals surface area contributed by atoms with E-state index >= 15 is 0 Å². The fourth-order valence-electron chi connectivity index (χ4n) is 3.00. The van der Waals surface area contributed by atoms with Gasteiger partial charge in [-0.3, -0.25) is 4.79 Å². The number of rotatable bonds is 6. The molecule has 0 saturated carbocycles. The number of likely N-dealkylation sites (N-methyl/N-ethyl adjacent to an activating group) is 1. The average molecular weight is 397 g/mol. The van der Waals surface area contributed by atoms with Crippen LogP contribution in [0, 0.1) is 13.8 Å². The Kier molecular flexibility index (Phi) is 6.09. The van der Waals surface area contributed by atoms with Crippen LogP contribution >= 0.6 is 11.8 Å². The van der Waals surface area contributed by atoms with Crippen LogP contribution in [-0.4, -0.2) is 30.7 Å². The van der Waals surface area contributed by atoms with Crippen molar-refractivity contribution in [2.45, 2.75) is 25.3 Å². The van der Waals surface area contributed by atoms with Gasteiger partial charge in [0.2, 0.25) is 0 Å². The maximum absolute atomic E-state index is 12.5. The van der Waals surface area contributed by atoms with E-state index in [1.807, 2.05) is 50.4 Å². The van der Waals surface area contributed by atoms with Crippen LogP contribution in [0.4, 0.5) is 0 Å². The number of fused-ring (bicyclic) bond motifs is 1. The zero-order valence-electron chi connectivity index (χ0n) is 16.4. The molecule has 6 heteroatoms. The molecule has 0 spiro atoms. The van der Waals surface area contributed by atoms with Crippen molar-refractivity contribution >= 4 is 28.6 Å². The second-order valence-electron chi connectivity index (χ2n) is 6.70. The molecule has 0 saturated heterocycles. The maximum Gasteiger partial charge on any atom is 0.336 e. The van der Waals surface area contributed by atoms with E-state index in [0.29, 0.717) is 23.4 Å². The molecule has 0 aliphatic carbocycles. The standard InChI is InChI=1S/C22H23NO4S/c1-14-11-21(25)27-22-15(2)19(10-9-18(14)22)26-13-20(24)23(3)12-16-5-7-17(28-4)8-6-16/h5-11H,12-13H2,1-4H3. The second kappa shape index (κ2) is 8.52. The molecule has 0 fully saturated rings. The number of hydrogen-bond donors (Lipinski definition) is 0. The molecule has 0 bridgehead atoms. The summed E-state index contributed by atoms with van der Waals surface area (Å²) < 4.78 is 11.1. The van der Waals surface area contributed by atoms with Crippen LogP contribution in [0.5, 0.6) is 5.75 Å². The zero-order valence-corrected chi connectivity index (χ0v) is 17.3. The zero-order chi connectivity index (χ0) is 20.3. The molecule has 3 aromatic rings. The maximum atomic E-state index is 12.5. The molecule has 0 aliphatic heterocycles. The first-order valence-electron chi connectivity index (χ1n) is 8.93. The first kappa shape index (κ1) is 20.0. The Morgan fingerprint density at radius 1 is 1.14 bits per heavy atom. The lowest BCUT2D eigenvalue weighted by atomic mass is 10.1. The third-order valence-electron chi connectivity index (χ3n) is 4.67. The van der Waals surface area contributed by atoms with Gasteiger partial charge in [-0.2, -0.15) is 0 Å². The van der Waals surface area contributed by atoms with Gasteiger partial charge in [0.05, 0.1) is 0 Å². The van der Waals surface area contributed by atoms with Gasteiger partial charge < -0.3 is 14.1 Å². The molecule has 1 aromatic heterocycles. The molecule has 0 aliphatic rings. The Morgan fingerprint density at radius 2 is 1.86 bits per heavy atom. The largest absolute Gasteiger partial charge is 0.483 e. The lowest BCUT2D eigenvalue weighted by Crippen LogP contribution is -2.31. The Balaban J connectivity index is 1.68. The Bertz CT molecular complexity index is 1060. The van der Waals surface area contributed by atoms with Gasteiger partial charge in [-0.1, -0.05) is 12.1 Å². The van der Waals surface area contributed by atoms with Crippen LogP contribution in [0.25, 0.3) is 11.0 Å². The molecule has 1 heterocycles. The fourth-order valence-corrected chi connectivity index (χ4v) is 3.41. The topological polar surface area (TPSA) is 59.8 Å². The van der Waals surface area contributed by atoms with E-state index in [1.54, 1.807) is 29.8 Å². The quantitative estimate of drug-likeness (QED) is 0.462. The van der Waals surface area contributed by atoms with Gasteiger partial charge >= 0.3 is 5.63 Å². The minimum absolute atomic E-state index is 0.0816. The van der Waals surface area contributed by atoms with E-state index in [2.05, 4.69) is 0 Å². The summed E-state index contributed by atoms with van der Waals surface area (Å²) in [5.74, 6) is 0.409. The van der Waals surface area contributed by atoms with E-state index in [9.17, 15) is 9.59 Å². The number of nitrogens with zero attached hydrogens (tertiary/aromatic N) is 1. The van der Waals surface area contributed by atoms with Crippen molar-refractivity contribution < 1.29 is 13.9 Å². The molecule has 5 nitrogen and oxygen atoms in total. The van der Waals surface area contributed by atoms with Gasteiger partial charge in [-0.05, 0) is 55.5 Å². The van der Waals surface area contributed by atoms with Crippen molar-refractivity contribution in [2.75, 3.05) is 19.9 Å². The summed E-state index contributed by atoms with van der Waals surface area (Å²) in [4.78, 5) is 26.9. The number of carbonyl (C=O) groups excluding carboxylic acids is 1. The highest BCUT2D eigenvalue weighted by molar-refractivity contribution is 7.98. The third kappa shape index (κ3) is 4.39. The first-order valence-corrected chi connectivity index (χ1v) is 10.1. The monoisotopic (exact) mass is 397 g/mol. The molecular formula is C22H23NO4S. The van der Waals surface area contributed by atoms with Gasteiger partial charge in [-0.25, -0.2) is 4.79 Å². The molecular weight excluding hydrogens is 374 g/mol. The van der Waals surface area contributed by atoms with Crippen molar-refractivity contribution in [3.63, 3.8) is 0 Å². The molecule has 0 unspecified atom stereocenters. The molecule has 3 rings (SSSR count). The van der Waals surface area contributed by atoms with Crippen LogP contribution < -0.4 is 10.4 Å². The van der Waals surface area contributed by atoms with Crippen molar-refractivity contribution in [1.29, 1.82) is 0 Å². The number of amides is 1. The predicted octanol–water partition coefficient (Wildman–Crippen LogP) is 4.17. The SMILES string of the molecule is CSc1ccc(CN(C)C(=O)COc2ccc3c(C)cc(=O)oc3c2C)cc1. The van der Waals surface area contributed by atoms with E-state index in [0.717, 1.165) is 16.5 Å². The van der Waals surface area contributed by atoms with Crippen LogP contribution in [0.2, 0.25) is 0 Å². The molecule has 0 radical (unpaired) electrons. The Labute approximate surface area is 168 Å². The molecule has 0 atom stereocenters. The molecule has 1 amide bonds. The second-order valence-corrected chi connectivity index (χ2v) is 7.58. The highest BCUT2D eigenvalue weighted by Crippen LogP contribution is 2.28. The van der Waals surface area contributed by atoms with Crippen LogP contribution in [-0.2, 0) is 11.3 Å². The minimum atomic E-state index is -0.395. The summed E-state index contributed by atoms with van der Waals surface area (Å²) >= 11 is 1.68. The normalized spacial score (nSPS) is 10.9. The summed E-state index contributed by atoms with van der Waals surface area (Å²) in [5, 5.41) is 0.863. The number of ether oxygens (including phenoxy) is 1. The Hall–Kier alpha value is -2.73. The van der Waals surface area contributed by atoms with Crippen LogP contribution in [0.1, 0.15) is 16.7 Å². The van der Waals surface area contributed by atoms with Crippen molar-refractivity contribution in [1.82, 2.24) is 4.90 Å².